The summed E-state index contributed by atoms with van der Waals surface area (Å²) in [5, 5.41) is 8.22. The van der Waals surface area contributed by atoms with E-state index in [1.807, 2.05) is 19.1 Å². The van der Waals surface area contributed by atoms with Gasteiger partial charge in [0.1, 0.15) is 0 Å². The van der Waals surface area contributed by atoms with Gasteiger partial charge in [-0.3, -0.25) is 4.72 Å². The minimum Gasteiger partial charge on any atom is -0.355 e. The summed E-state index contributed by atoms with van der Waals surface area (Å²) in [7, 11) is -3.65. The molecule has 0 atom stereocenters. The fourth-order valence-electron chi connectivity index (χ4n) is 2.83. The minimum atomic E-state index is -3.65. The molecule has 2 heterocycles. The van der Waals surface area contributed by atoms with Crippen LogP contribution in [0.5, 0.6) is 0 Å². The Hall–Kier alpha value is -2.15. The molecule has 2 aromatic rings. The molecular weight excluding hydrogens is 324 g/mol. The van der Waals surface area contributed by atoms with Crippen molar-refractivity contribution in [1.82, 2.24) is 10.2 Å². The second kappa shape index (κ2) is 7.17. The van der Waals surface area contributed by atoms with Gasteiger partial charge in [-0.15, -0.1) is 10.2 Å². The lowest BCUT2D eigenvalue weighted by Crippen LogP contribution is -2.25. The van der Waals surface area contributed by atoms with Crippen molar-refractivity contribution in [2.45, 2.75) is 37.5 Å². The molecule has 1 saturated heterocycles. The fraction of sp³-hybridized carbons (Fsp3) is 0.412. The molecule has 0 aliphatic carbocycles. The van der Waals surface area contributed by atoms with E-state index >= 15 is 0 Å². The second-order valence-corrected chi connectivity index (χ2v) is 7.78. The van der Waals surface area contributed by atoms with Crippen LogP contribution < -0.4 is 9.62 Å². The van der Waals surface area contributed by atoms with E-state index in [2.05, 4.69) is 19.8 Å². The van der Waals surface area contributed by atoms with Crippen molar-refractivity contribution in [3.8, 4) is 0 Å². The number of aromatic nitrogens is 2. The first kappa shape index (κ1) is 16.7. The van der Waals surface area contributed by atoms with Crippen molar-refractivity contribution < 1.29 is 8.42 Å². The largest absolute Gasteiger partial charge is 0.355 e. The number of rotatable bonds is 4. The monoisotopic (exact) mass is 346 g/mol. The second-order valence-electron chi connectivity index (χ2n) is 6.10. The summed E-state index contributed by atoms with van der Waals surface area (Å²) < 4.78 is 27.3. The molecule has 0 bridgehead atoms. The Morgan fingerprint density at radius 1 is 1.00 bits per heavy atom. The Morgan fingerprint density at radius 3 is 2.38 bits per heavy atom. The molecule has 128 valence electrons. The molecule has 1 N–H and O–H groups in total. The predicted molar refractivity (Wildman–Crippen MR) is 94.7 cm³/mol. The lowest BCUT2D eigenvalue weighted by atomic mass is 10.2. The van der Waals surface area contributed by atoms with Gasteiger partial charge >= 0.3 is 0 Å². The Balaban J connectivity index is 1.74. The van der Waals surface area contributed by atoms with Crippen LogP contribution in [0.15, 0.2) is 41.3 Å². The molecule has 0 saturated carbocycles. The van der Waals surface area contributed by atoms with E-state index in [9.17, 15) is 8.42 Å². The molecule has 0 radical (unpaired) electrons. The highest BCUT2D eigenvalue weighted by atomic mass is 32.2. The third-order valence-electron chi connectivity index (χ3n) is 4.12. The number of sulfonamides is 1. The molecule has 1 aliphatic heterocycles. The van der Waals surface area contributed by atoms with Gasteiger partial charge in [0.05, 0.1) is 4.90 Å². The Kier molecular flexibility index (Phi) is 4.99. The summed E-state index contributed by atoms with van der Waals surface area (Å²) >= 11 is 0. The van der Waals surface area contributed by atoms with Crippen molar-refractivity contribution in [1.29, 1.82) is 0 Å². The van der Waals surface area contributed by atoms with Gasteiger partial charge in [-0.1, -0.05) is 25.0 Å². The van der Waals surface area contributed by atoms with Crippen LogP contribution in [0.25, 0.3) is 0 Å². The number of benzene rings is 1. The molecule has 0 unspecified atom stereocenters. The van der Waals surface area contributed by atoms with E-state index in [-0.39, 0.29) is 10.7 Å². The number of nitrogens with one attached hydrogen (secondary N) is 1. The molecule has 1 fully saturated rings. The third kappa shape index (κ3) is 4.03. The van der Waals surface area contributed by atoms with Gasteiger partial charge in [0.15, 0.2) is 11.6 Å². The topological polar surface area (TPSA) is 75.2 Å². The van der Waals surface area contributed by atoms with Crippen molar-refractivity contribution in [2.24, 2.45) is 0 Å². The molecule has 0 amide bonds. The Morgan fingerprint density at radius 2 is 1.75 bits per heavy atom. The van der Waals surface area contributed by atoms with Gasteiger partial charge in [-0.05, 0) is 49.6 Å². The number of aryl methyl sites for hydroxylation is 1. The zero-order valence-corrected chi connectivity index (χ0v) is 14.6. The van der Waals surface area contributed by atoms with Crippen molar-refractivity contribution in [2.75, 3.05) is 22.7 Å². The highest BCUT2D eigenvalue weighted by Crippen LogP contribution is 2.19. The maximum atomic E-state index is 12.4. The molecule has 1 aromatic heterocycles. The number of hydrogen-bond acceptors (Lipinski definition) is 5. The summed E-state index contributed by atoms with van der Waals surface area (Å²) in [4.78, 5) is 2.43. The first-order valence-electron chi connectivity index (χ1n) is 8.23. The summed E-state index contributed by atoms with van der Waals surface area (Å²) in [6.07, 6.45) is 4.81. The van der Waals surface area contributed by atoms with Crippen molar-refractivity contribution in [3.05, 3.63) is 42.0 Å². The van der Waals surface area contributed by atoms with Gasteiger partial charge in [0, 0.05) is 13.1 Å². The van der Waals surface area contributed by atoms with Crippen LogP contribution in [0.1, 0.15) is 31.2 Å². The molecule has 3 rings (SSSR count). The van der Waals surface area contributed by atoms with E-state index in [1.165, 1.54) is 12.8 Å². The highest BCUT2D eigenvalue weighted by Gasteiger charge is 2.16. The van der Waals surface area contributed by atoms with Crippen LogP contribution >= 0.6 is 0 Å². The average molecular weight is 346 g/mol. The van der Waals surface area contributed by atoms with Gasteiger partial charge in [0.25, 0.3) is 10.0 Å². The quantitative estimate of drug-likeness (QED) is 0.921. The van der Waals surface area contributed by atoms with E-state index in [1.54, 1.807) is 24.3 Å². The first-order valence-corrected chi connectivity index (χ1v) is 9.71. The highest BCUT2D eigenvalue weighted by molar-refractivity contribution is 7.92. The number of hydrogen-bond donors (Lipinski definition) is 1. The number of anilines is 2. The van der Waals surface area contributed by atoms with Crippen molar-refractivity contribution in [3.63, 3.8) is 0 Å². The van der Waals surface area contributed by atoms with Crippen molar-refractivity contribution >= 4 is 21.7 Å². The van der Waals surface area contributed by atoms with Crippen LogP contribution in [0.3, 0.4) is 0 Å². The zero-order valence-electron chi connectivity index (χ0n) is 13.8. The fourth-order valence-corrected chi connectivity index (χ4v) is 3.93. The predicted octanol–water partition coefficient (Wildman–Crippen LogP) is 2.97. The summed E-state index contributed by atoms with van der Waals surface area (Å²) in [6.45, 7) is 3.81. The van der Waals surface area contributed by atoms with E-state index < -0.39 is 10.0 Å². The van der Waals surface area contributed by atoms with Gasteiger partial charge < -0.3 is 4.90 Å². The van der Waals surface area contributed by atoms with Gasteiger partial charge in [0.2, 0.25) is 0 Å². The summed E-state index contributed by atoms with van der Waals surface area (Å²) in [5.41, 5.74) is 0.889. The Labute approximate surface area is 143 Å². The molecule has 7 heteroatoms. The molecule has 1 aliphatic rings. The lowest BCUT2D eigenvalue weighted by molar-refractivity contribution is 0.601. The first-order chi connectivity index (χ1) is 11.5. The SMILES string of the molecule is Cc1cccc(S(=O)(=O)Nc2ccc(N3CCCCCC3)nn2)c1. The average Bonchev–Trinajstić information content (AvgIpc) is 2.84. The smallest absolute Gasteiger partial charge is 0.263 e. The molecule has 0 spiro atoms. The van der Waals surface area contributed by atoms with Gasteiger partial charge in [-0.25, -0.2) is 8.42 Å². The van der Waals surface area contributed by atoms with Crippen LogP contribution in [-0.2, 0) is 10.0 Å². The molecule has 6 nitrogen and oxygen atoms in total. The maximum Gasteiger partial charge on any atom is 0.263 e. The summed E-state index contributed by atoms with van der Waals surface area (Å²) in [6, 6.07) is 10.3. The van der Waals surface area contributed by atoms with Crippen LogP contribution in [-0.4, -0.2) is 31.7 Å². The Bertz CT molecular complexity index is 782. The normalized spacial score (nSPS) is 15.8. The van der Waals surface area contributed by atoms with Crippen LogP contribution in [0.4, 0.5) is 11.6 Å². The summed E-state index contributed by atoms with van der Waals surface area (Å²) in [5.74, 6) is 1.03. The maximum absolute atomic E-state index is 12.4. The van der Waals surface area contributed by atoms with E-state index in [0.29, 0.717) is 0 Å². The lowest BCUT2D eigenvalue weighted by Gasteiger charge is -2.20. The minimum absolute atomic E-state index is 0.223. The molecule has 1 aromatic carbocycles. The standard InChI is InChI=1S/C17H22N4O2S/c1-14-7-6-8-15(13-14)24(22,23)20-16-9-10-17(19-18-16)21-11-4-2-3-5-12-21/h6-10,13H,2-5,11-12H2,1H3,(H,18,20). The van der Waals surface area contributed by atoms with Crippen LogP contribution in [0, 0.1) is 6.92 Å². The number of nitrogens with zero attached hydrogens (tertiary/aromatic N) is 3. The van der Waals surface area contributed by atoms with E-state index in [4.69, 9.17) is 0 Å². The molecule has 24 heavy (non-hydrogen) atoms. The third-order valence-corrected chi connectivity index (χ3v) is 5.47. The zero-order chi connectivity index (χ0) is 17.0. The van der Waals surface area contributed by atoms with Gasteiger partial charge in [-0.2, -0.15) is 0 Å². The van der Waals surface area contributed by atoms with E-state index in [0.717, 1.165) is 37.3 Å². The van der Waals surface area contributed by atoms with Crippen LogP contribution in [0.2, 0.25) is 0 Å². The molecular formula is C17H22N4O2S.